The van der Waals surface area contributed by atoms with Gasteiger partial charge in [-0.25, -0.2) is 14.0 Å². The predicted octanol–water partition coefficient (Wildman–Crippen LogP) is 4.20. The van der Waals surface area contributed by atoms with Crippen molar-refractivity contribution in [3.05, 3.63) is 34.2 Å². The molecular weight excluding hydrogens is 397 g/mol. The van der Waals surface area contributed by atoms with E-state index < -0.39 is 0 Å². The standard InChI is InChI=1S/C13H15BrFN5OS.C2H6/c1-2-22-6-5-17-13-11(19-21-20-13)12(16)18-8-3-4-10(15)9(14)7-8;1-2/h3-4,7H,2,5-6H2,1H3,(H2,16,18)(H,17,20);1-2H3. The molecule has 0 saturated heterocycles. The van der Waals surface area contributed by atoms with E-state index in [1.807, 2.05) is 13.8 Å². The number of anilines is 1. The maximum absolute atomic E-state index is 13.2. The fourth-order valence-electron chi connectivity index (χ4n) is 1.61. The zero-order chi connectivity index (χ0) is 17.9. The van der Waals surface area contributed by atoms with Crippen molar-refractivity contribution in [1.82, 2.24) is 10.3 Å². The number of aromatic nitrogens is 2. The number of halogens is 2. The van der Waals surface area contributed by atoms with Gasteiger partial charge in [0, 0.05) is 12.3 Å². The summed E-state index contributed by atoms with van der Waals surface area (Å²) in [4.78, 5) is 4.20. The average molecular weight is 418 g/mol. The van der Waals surface area contributed by atoms with E-state index in [2.05, 4.69) is 43.5 Å². The largest absolute Gasteiger partial charge is 0.382 e. The van der Waals surface area contributed by atoms with Crippen LogP contribution in [0, 0.1) is 5.82 Å². The van der Waals surface area contributed by atoms with E-state index in [1.165, 1.54) is 18.2 Å². The fraction of sp³-hybridized carbons (Fsp3) is 0.400. The number of thioether (sulfide) groups is 1. The molecule has 1 aromatic carbocycles. The van der Waals surface area contributed by atoms with Crippen molar-refractivity contribution in [3.63, 3.8) is 0 Å². The molecule has 24 heavy (non-hydrogen) atoms. The minimum Gasteiger partial charge on any atom is -0.382 e. The van der Waals surface area contributed by atoms with Crippen LogP contribution in [-0.2, 0) is 0 Å². The Kier molecular flexibility index (Phi) is 9.39. The zero-order valence-corrected chi connectivity index (χ0v) is 16.2. The molecule has 3 N–H and O–H groups in total. The van der Waals surface area contributed by atoms with Crippen LogP contribution in [0.4, 0.5) is 15.9 Å². The molecule has 6 nitrogen and oxygen atoms in total. The van der Waals surface area contributed by atoms with Gasteiger partial charge < -0.3 is 11.1 Å². The molecule has 9 heteroatoms. The van der Waals surface area contributed by atoms with E-state index >= 15 is 0 Å². The Morgan fingerprint density at radius 2 is 2.17 bits per heavy atom. The van der Waals surface area contributed by atoms with Crippen LogP contribution in [0.1, 0.15) is 26.5 Å². The van der Waals surface area contributed by atoms with Crippen molar-refractivity contribution in [3.8, 4) is 0 Å². The molecule has 0 spiro atoms. The van der Waals surface area contributed by atoms with Crippen LogP contribution in [0.25, 0.3) is 0 Å². The number of aliphatic imine (C=N–C) groups is 1. The van der Waals surface area contributed by atoms with Crippen LogP contribution in [0.3, 0.4) is 0 Å². The maximum atomic E-state index is 13.2. The molecule has 0 aliphatic rings. The van der Waals surface area contributed by atoms with Crippen molar-refractivity contribution in [2.24, 2.45) is 10.7 Å². The number of hydrogen-bond acceptors (Lipinski definition) is 6. The zero-order valence-electron chi connectivity index (χ0n) is 13.8. The van der Waals surface area contributed by atoms with Crippen molar-refractivity contribution in [2.45, 2.75) is 20.8 Å². The summed E-state index contributed by atoms with van der Waals surface area (Å²) in [5, 5.41) is 10.6. The molecule has 0 amide bonds. The summed E-state index contributed by atoms with van der Waals surface area (Å²) in [5.41, 5.74) is 6.76. The molecule has 0 radical (unpaired) electrons. The molecule has 1 aromatic heterocycles. The van der Waals surface area contributed by atoms with Crippen LogP contribution in [-0.4, -0.2) is 34.2 Å². The third kappa shape index (κ3) is 6.12. The second-order valence-electron chi connectivity index (χ2n) is 4.18. The molecule has 0 bridgehead atoms. The van der Waals surface area contributed by atoms with E-state index in [1.54, 1.807) is 11.8 Å². The number of nitrogens with two attached hydrogens (primary N) is 1. The van der Waals surface area contributed by atoms with Gasteiger partial charge >= 0.3 is 0 Å². The lowest BCUT2D eigenvalue weighted by atomic mass is 10.3. The first kappa shape index (κ1) is 20.4. The molecule has 1 heterocycles. The highest BCUT2D eigenvalue weighted by Crippen LogP contribution is 2.23. The summed E-state index contributed by atoms with van der Waals surface area (Å²) in [6, 6.07) is 4.35. The maximum Gasteiger partial charge on any atom is 0.202 e. The van der Waals surface area contributed by atoms with Gasteiger partial charge in [0.15, 0.2) is 11.5 Å². The number of benzene rings is 1. The lowest BCUT2D eigenvalue weighted by molar-refractivity contribution is 0.308. The van der Waals surface area contributed by atoms with Crippen LogP contribution in [0.5, 0.6) is 0 Å². The van der Waals surface area contributed by atoms with Crippen molar-refractivity contribution >= 4 is 45.0 Å². The molecule has 0 aliphatic carbocycles. The lowest BCUT2D eigenvalue weighted by Crippen LogP contribution is -2.17. The highest BCUT2D eigenvalue weighted by molar-refractivity contribution is 9.10. The Balaban J connectivity index is 0.00000139. The number of rotatable bonds is 7. The van der Waals surface area contributed by atoms with Gasteiger partial charge in [0.25, 0.3) is 0 Å². The van der Waals surface area contributed by atoms with E-state index in [0.29, 0.717) is 21.7 Å². The van der Waals surface area contributed by atoms with Crippen LogP contribution in [0.15, 0.2) is 32.3 Å². The Hall–Kier alpha value is -1.61. The highest BCUT2D eigenvalue weighted by atomic mass is 79.9. The highest BCUT2D eigenvalue weighted by Gasteiger charge is 2.13. The number of nitrogens with one attached hydrogen (secondary N) is 1. The third-order valence-corrected chi connectivity index (χ3v) is 4.14. The summed E-state index contributed by atoms with van der Waals surface area (Å²) >= 11 is 4.91. The average Bonchev–Trinajstić information content (AvgIpc) is 3.05. The topological polar surface area (TPSA) is 89.3 Å². The lowest BCUT2D eigenvalue weighted by Gasteiger charge is -2.03. The Labute approximate surface area is 153 Å². The SMILES string of the molecule is CC.CCSCCNc1nonc1C(N)=Nc1ccc(F)c(Br)c1. The summed E-state index contributed by atoms with van der Waals surface area (Å²) in [6.45, 7) is 6.81. The number of amidine groups is 1. The molecule has 0 aliphatic heterocycles. The second kappa shape index (κ2) is 11.0. The van der Waals surface area contributed by atoms with Gasteiger partial charge in [-0.2, -0.15) is 11.8 Å². The van der Waals surface area contributed by atoms with Gasteiger partial charge in [0.2, 0.25) is 5.82 Å². The normalized spacial score (nSPS) is 11.0. The van der Waals surface area contributed by atoms with Gasteiger partial charge in [-0.3, -0.25) is 0 Å². The molecule has 0 fully saturated rings. The van der Waals surface area contributed by atoms with Crippen LogP contribution < -0.4 is 11.1 Å². The van der Waals surface area contributed by atoms with E-state index in [0.717, 1.165) is 18.1 Å². The molecule has 2 aromatic rings. The Bertz CT molecular complexity index is 665. The molecule has 0 unspecified atom stereocenters. The van der Waals surface area contributed by atoms with E-state index in [-0.39, 0.29) is 11.7 Å². The third-order valence-electron chi connectivity index (χ3n) is 2.63. The number of hydrogen-bond donors (Lipinski definition) is 2. The fourth-order valence-corrected chi connectivity index (χ4v) is 2.51. The molecule has 2 rings (SSSR count). The van der Waals surface area contributed by atoms with E-state index in [9.17, 15) is 4.39 Å². The van der Waals surface area contributed by atoms with Crippen molar-refractivity contribution < 1.29 is 9.02 Å². The van der Waals surface area contributed by atoms with Gasteiger partial charge in [-0.15, -0.1) is 0 Å². The van der Waals surface area contributed by atoms with Gasteiger partial charge in [-0.05, 0) is 50.2 Å². The van der Waals surface area contributed by atoms with Gasteiger partial charge in [0.05, 0.1) is 10.2 Å². The van der Waals surface area contributed by atoms with Gasteiger partial charge in [0.1, 0.15) is 5.82 Å². The van der Waals surface area contributed by atoms with Crippen molar-refractivity contribution in [1.29, 1.82) is 0 Å². The molecule has 0 saturated carbocycles. The first-order valence-corrected chi connectivity index (χ1v) is 9.50. The van der Waals surface area contributed by atoms with Crippen LogP contribution >= 0.6 is 27.7 Å². The first-order valence-electron chi connectivity index (χ1n) is 7.55. The van der Waals surface area contributed by atoms with Crippen LogP contribution in [0.2, 0.25) is 0 Å². The summed E-state index contributed by atoms with van der Waals surface area (Å²) in [7, 11) is 0. The molecule has 0 atom stereocenters. The smallest absolute Gasteiger partial charge is 0.202 e. The quantitative estimate of drug-likeness (QED) is 0.398. The van der Waals surface area contributed by atoms with E-state index in [4.69, 9.17) is 10.4 Å². The number of nitrogens with zero attached hydrogens (tertiary/aromatic N) is 3. The monoisotopic (exact) mass is 417 g/mol. The summed E-state index contributed by atoms with van der Waals surface area (Å²) in [6.07, 6.45) is 0. The minimum atomic E-state index is -0.364. The summed E-state index contributed by atoms with van der Waals surface area (Å²) < 4.78 is 18.2. The Morgan fingerprint density at radius 1 is 1.42 bits per heavy atom. The Morgan fingerprint density at radius 3 is 2.83 bits per heavy atom. The second-order valence-corrected chi connectivity index (χ2v) is 6.43. The van der Waals surface area contributed by atoms with Crippen molar-refractivity contribution in [2.75, 3.05) is 23.4 Å². The predicted molar refractivity (Wildman–Crippen MR) is 102 cm³/mol. The summed E-state index contributed by atoms with van der Waals surface area (Å²) in [5.74, 6) is 2.21. The molecular formula is C15H21BrFN5OS. The molecule has 132 valence electrons. The minimum absolute atomic E-state index is 0.144. The first-order chi connectivity index (χ1) is 11.6. The van der Waals surface area contributed by atoms with Gasteiger partial charge in [-0.1, -0.05) is 20.8 Å².